The molecule has 0 saturated heterocycles. The number of hydrogen-bond acceptors (Lipinski definition) is 2. The van der Waals surface area contributed by atoms with Crippen molar-refractivity contribution in [2.45, 2.75) is 6.04 Å². The molecule has 21 heavy (non-hydrogen) atoms. The molecule has 0 aromatic heterocycles. The van der Waals surface area contributed by atoms with Crippen molar-refractivity contribution in [2.24, 2.45) is 0 Å². The number of amides is 2. The van der Waals surface area contributed by atoms with Gasteiger partial charge in [-0.25, -0.2) is 9.59 Å². The zero-order valence-electron chi connectivity index (χ0n) is 10.9. The van der Waals surface area contributed by atoms with Crippen molar-refractivity contribution in [1.82, 2.24) is 5.32 Å². The summed E-state index contributed by atoms with van der Waals surface area (Å²) in [6.45, 7) is 0. The first-order chi connectivity index (χ1) is 10.1. The molecule has 0 aliphatic heterocycles. The van der Waals surface area contributed by atoms with Crippen LogP contribution in [-0.4, -0.2) is 17.1 Å². The predicted octanol–water partition coefficient (Wildman–Crippen LogP) is 3.40. The molecule has 2 amide bonds. The van der Waals surface area contributed by atoms with Gasteiger partial charge in [0.05, 0.1) is 0 Å². The quantitative estimate of drug-likeness (QED) is 0.792. The van der Waals surface area contributed by atoms with E-state index in [4.69, 9.17) is 0 Å². The molecule has 0 aliphatic rings. The maximum absolute atomic E-state index is 11.9. The summed E-state index contributed by atoms with van der Waals surface area (Å²) < 4.78 is 0.890. The van der Waals surface area contributed by atoms with Gasteiger partial charge in [-0.1, -0.05) is 46.3 Å². The van der Waals surface area contributed by atoms with Crippen LogP contribution >= 0.6 is 15.9 Å². The number of carboxylic acid groups (broad SMARTS) is 1. The minimum Gasteiger partial charge on any atom is -0.479 e. The molecule has 2 rings (SSSR count). The lowest BCUT2D eigenvalue weighted by atomic mass is 10.1. The Bertz CT molecular complexity index is 629. The monoisotopic (exact) mass is 348 g/mol. The van der Waals surface area contributed by atoms with Gasteiger partial charge in [-0.3, -0.25) is 0 Å². The minimum absolute atomic E-state index is 0.510. The van der Waals surface area contributed by atoms with Crippen LogP contribution in [0.3, 0.4) is 0 Å². The number of carbonyl (C=O) groups is 2. The van der Waals surface area contributed by atoms with E-state index in [0.717, 1.165) is 4.47 Å². The summed E-state index contributed by atoms with van der Waals surface area (Å²) in [5, 5.41) is 14.3. The number of benzene rings is 2. The Kier molecular flexibility index (Phi) is 4.94. The molecule has 6 heteroatoms. The van der Waals surface area contributed by atoms with Crippen LogP contribution < -0.4 is 10.6 Å². The summed E-state index contributed by atoms with van der Waals surface area (Å²) in [6, 6.07) is 13.8. The van der Waals surface area contributed by atoms with E-state index in [0.29, 0.717) is 11.3 Å². The highest BCUT2D eigenvalue weighted by Gasteiger charge is 2.21. The van der Waals surface area contributed by atoms with E-state index in [1.165, 1.54) is 0 Å². The number of hydrogen-bond donors (Lipinski definition) is 3. The molecule has 0 aliphatic carbocycles. The van der Waals surface area contributed by atoms with Gasteiger partial charge in [0.2, 0.25) is 0 Å². The Morgan fingerprint density at radius 2 is 1.62 bits per heavy atom. The Hall–Kier alpha value is -2.34. The second kappa shape index (κ2) is 6.90. The molecule has 0 spiro atoms. The lowest BCUT2D eigenvalue weighted by Gasteiger charge is -2.15. The van der Waals surface area contributed by atoms with Crippen LogP contribution in [0.2, 0.25) is 0 Å². The van der Waals surface area contributed by atoms with Crippen LogP contribution in [-0.2, 0) is 4.79 Å². The van der Waals surface area contributed by atoms with Gasteiger partial charge < -0.3 is 15.7 Å². The van der Waals surface area contributed by atoms with Gasteiger partial charge in [-0.2, -0.15) is 0 Å². The van der Waals surface area contributed by atoms with E-state index in [1.54, 1.807) is 54.6 Å². The van der Waals surface area contributed by atoms with E-state index in [2.05, 4.69) is 26.6 Å². The van der Waals surface area contributed by atoms with E-state index in [-0.39, 0.29) is 0 Å². The molecule has 2 aromatic rings. The molecule has 108 valence electrons. The molecule has 0 saturated carbocycles. The molecule has 2 aromatic carbocycles. The van der Waals surface area contributed by atoms with Crippen LogP contribution in [0, 0.1) is 0 Å². The molecule has 1 atom stereocenters. The fraction of sp³-hybridized carbons (Fsp3) is 0.0667. The maximum atomic E-state index is 11.9. The summed E-state index contributed by atoms with van der Waals surface area (Å²) in [5.74, 6) is -1.12. The molecule has 5 nitrogen and oxygen atoms in total. The van der Waals surface area contributed by atoms with Crippen molar-refractivity contribution < 1.29 is 14.7 Å². The Balaban J connectivity index is 2.05. The van der Waals surface area contributed by atoms with E-state index in [1.807, 2.05) is 0 Å². The van der Waals surface area contributed by atoms with Crippen molar-refractivity contribution >= 4 is 33.6 Å². The largest absolute Gasteiger partial charge is 0.479 e. The summed E-state index contributed by atoms with van der Waals surface area (Å²) >= 11 is 3.30. The molecular formula is C15H13BrN2O3. The highest BCUT2D eigenvalue weighted by atomic mass is 79.9. The van der Waals surface area contributed by atoms with Gasteiger partial charge in [-0.05, 0) is 29.8 Å². The van der Waals surface area contributed by atoms with Crippen LogP contribution in [0.15, 0.2) is 59.1 Å². The SMILES string of the molecule is O=C(Nc1ccc(Br)cc1)N[C@H](C(=O)O)c1ccccc1. The number of aliphatic carboxylic acids is 1. The number of halogens is 1. The first-order valence-corrected chi connectivity index (χ1v) is 6.96. The molecule has 0 heterocycles. The maximum Gasteiger partial charge on any atom is 0.330 e. The lowest BCUT2D eigenvalue weighted by Crippen LogP contribution is -2.36. The summed E-state index contributed by atoms with van der Waals surface area (Å²) in [6.07, 6.45) is 0. The molecule has 0 unspecified atom stereocenters. The molecule has 0 fully saturated rings. The van der Waals surface area contributed by atoms with Gasteiger partial charge in [0.15, 0.2) is 6.04 Å². The summed E-state index contributed by atoms with van der Waals surface area (Å²) in [4.78, 5) is 23.2. The molecule has 0 bridgehead atoms. The molecule has 0 radical (unpaired) electrons. The standard InChI is InChI=1S/C15H13BrN2O3/c16-11-6-8-12(9-7-11)17-15(21)18-13(14(19)20)10-4-2-1-3-5-10/h1-9,13H,(H,19,20)(H2,17,18,21)/t13-/m0/s1. The number of urea groups is 1. The van der Waals surface area contributed by atoms with Gasteiger partial charge in [0, 0.05) is 10.2 Å². The van der Waals surface area contributed by atoms with Crippen LogP contribution in [0.25, 0.3) is 0 Å². The van der Waals surface area contributed by atoms with E-state index in [9.17, 15) is 14.7 Å². The van der Waals surface area contributed by atoms with Crippen molar-refractivity contribution in [2.75, 3.05) is 5.32 Å². The summed E-state index contributed by atoms with van der Waals surface area (Å²) in [7, 11) is 0. The van der Waals surface area contributed by atoms with Crippen molar-refractivity contribution in [3.05, 3.63) is 64.6 Å². The Morgan fingerprint density at radius 3 is 2.19 bits per heavy atom. The average molecular weight is 349 g/mol. The summed E-state index contributed by atoms with van der Waals surface area (Å²) in [5.41, 5.74) is 1.09. The van der Waals surface area contributed by atoms with Gasteiger partial charge in [0.1, 0.15) is 0 Å². The normalized spacial score (nSPS) is 11.5. The van der Waals surface area contributed by atoms with Gasteiger partial charge in [0.25, 0.3) is 0 Å². The zero-order chi connectivity index (χ0) is 15.2. The fourth-order valence-corrected chi connectivity index (χ4v) is 2.03. The third-order valence-electron chi connectivity index (χ3n) is 2.76. The van der Waals surface area contributed by atoms with Crippen molar-refractivity contribution in [3.63, 3.8) is 0 Å². The van der Waals surface area contributed by atoms with Gasteiger partial charge in [-0.15, -0.1) is 0 Å². The average Bonchev–Trinajstić information content (AvgIpc) is 2.48. The number of carbonyl (C=O) groups excluding carboxylic acids is 1. The number of carboxylic acids is 1. The van der Waals surface area contributed by atoms with Crippen molar-refractivity contribution in [3.8, 4) is 0 Å². The third kappa shape index (κ3) is 4.32. The number of rotatable bonds is 4. The lowest BCUT2D eigenvalue weighted by molar-refractivity contribution is -0.139. The van der Waals surface area contributed by atoms with Crippen LogP contribution in [0.1, 0.15) is 11.6 Å². The fourth-order valence-electron chi connectivity index (χ4n) is 1.76. The van der Waals surface area contributed by atoms with Crippen LogP contribution in [0.5, 0.6) is 0 Å². The number of nitrogens with one attached hydrogen (secondary N) is 2. The second-order valence-corrected chi connectivity index (χ2v) is 5.20. The van der Waals surface area contributed by atoms with E-state index >= 15 is 0 Å². The predicted molar refractivity (Wildman–Crippen MR) is 83.1 cm³/mol. The molecule has 3 N–H and O–H groups in total. The number of anilines is 1. The van der Waals surface area contributed by atoms with Crippen molar-refractivity contribution in [1.29, 1.82) is 0 Å². The van der Waals surface area contributed by atoms with Crippen LogP contribution in [0.4, 0.5) is 10.5 Å². The van der Waals surface area contributed by atoms with E-state index < -0.39 is 18.0 Å². The first-order valence-electron chi connectivity index (χ1n) is 6.17. The molecular weight excluding hydrogens is 336 g/mol. The highest BCUT2D eigenvalue weighted by Crippen LogP contribution is 2.15. The third-order valence-corrected chi connectivity index (χ3v) is 3.29. The first kappa shape index (κ1) is 15.1. The minimum atomic E-state index is -1.12. The Morgan fingerprint density at radius 1 is 1.00 bits per heavy atom. The smallest absolute Gasteiger partial charge is 0.330 e. The topological polar surface area (TPSA) is 78.4 Å². The van der Waals surface area contributed by atoms with Gasteiger partial charge >= 0.3 is 12.0 Å². The highest BCUT2D eigenvalue weighted by molar-refractivity contribution is 9.10. The zero-order valence-corrected chi connectivity index (χ0v) is 12.5. The Labute approximate surface area is 130 Å². The second-order valence-electron chi connectivity index (χ2n) is 4.29.